The lowest BCUT2D eigenvalue weighted by Crippen LogP contribution is -2.55. The lowest BCUT2D eigenvalue weighted by molar-refractivity contribution is -0.125. The van der Waals surface area contributed by atoms with Gasteiger partial charge in [0.05, 0.1) is 11.4 Å². The minimum atomic E-state index is 0.319. The van der Waals surface area contributed by atoms with Crippen LogP contribution < -0.4 is 16.0 Å². The van der Waals surface area contributed by atoms with Gasteiger partial charge in [-0.15, -0.1) is 0 Å². The Hall–Kier alpha value is -2.23. The molecule has 4 aliphatic carbocycles. The molecule has 3 N–H and O–H groups in total. The van der Waals surface area contributed by atoms with Gasteiger partial charge < -0.3 is 16.0 Å². The van der Waals surface area contributed by atoms with Gasteiger partial charge in [-0.3, -0.25) is 4.79 Å². The molecule has 4 nitrogen and oxygen atoms in total. The van der Waals surface area contributed by atoms with Crippen molar-refractivity contribution >= 4 is 5.91 Å². The van der Waals surface area contributed by atoms with Crippen LogP contribution in [0.15, 0.2) is 59.2 Å². The minimum Gasteiger partial charge on any atom is -0.360 e. The van der Waals surface area contributed by atoms with E-state index in [1.165, 1.54) is 75.4 Å². The number of nitrogens with one attached hydrogen (secondary N) is 3. The van der Waals surface area contributed by atoms with Crippen molar-refractivity contribution in [3.05, 3.63) is 59.2 Å². The highest BCUT2D eigenvalue weighted by Crippen LogP contribution is 2.53. The number of hydrogen-bond acceptors (Lipinski definition) is 3. The molecular weight excluding hydrogens is 418 g/mol. The fraction of sp³-hybridized carbons (Fsp3) is 0.633. The molecular formula is C30H43N3O. The Morgan fingerprint density at radius 1 is 0.824 bits per heavy atom. The Morgan fingerprint density at radius 3 is 2.15 bits per heavy atom. The Kier molecular flexibility index (Phi) is 7.61. The Labute approximate surface area is 206 Å². The van der Waals surface area contributed by atoms with Gasteiger partial charge in [0, 0.05) is 24.9 Å². The van der Waals surface area contributed by atoms with Crippen molar-refractivity contribution in [1.29, 1.82) is 0 Å². The predicted molar refractivity (Wildman–Crippen MR) is 139 cm³/mol. The van der Waals surface area contributed by atoms with Gasteiger partial charge >= 0.3 is 0 Å². The van der Waals surface area contributed by atoms with Gasteiger partial charge in [0.2, 0.25) is 5.91 Å². The molecule has 4 heteroatoms. The summed E-state index contributed by atoms with van der Waals surface area (Å²) in [5.41, 5.74) is 4.94. The van der Waals surface area contributed by atoms with Crippen LogP contribution in [0.1, 0.15) is 90.4 Å². The van der Waals surface area contributed by atoms with Crippen molar-refractivity contribution in [1.82, 2.24) is 16.0 Å². The number of hydrogen-bond donors (Lipinski definition) is 3. The van der Waals surface area contributed by atoms with Gasteiger partial charge in [-0.25, -0.2) is 0 Å². The smallest absolute Gasteiger partial charge is 0.220 e. The van der Waals surface area contributed by atoms with Gasteiger partial charge in [0.25, 0.3) is 0 Å². The minimum absolute atomic E-state index is 0.319. The zero-order valence-corrected chi connectivity index (χ0v) is 21.0. The summed E-state index contributed by atoms with van der Waals surface area (Å²) >= 11 is 0. The number of rotatable bonds is 10. The second-order valence-electron chi connectivity index (χ2n) is 11.5. The molecule has 4 bridgehead atoms. The van der Waals surface area contributed by atoms with Crippen molar-refractivity contribution < 1.29 is 4.79 Å². The van der Waals surface area contributed by atoms with Gasteiger partial charge in [-0.2, -0.15) is 0 Å². The van der Waals surface area contributed by atoms with Crippen LogP contribution >= 0.6 is 0 Å². The molecule has 0 radical (unpaired) electrons. The maximum Gasteiger partial charge on any atom is 0.220 e. The third-order valence-corrected chi connectivity index (χ3v) is 8.79. The van der Waals surface area contributed by atoms with Crippen LogP contribution in [0.3, 0.4) is 0 Å². The molecule has 2 aliphatic heterocycles. The van der Waals surface area contributed by atoms with Crippen molar-refractivity contribution in [2.45, 2.75) is 96.4 Å². The molecule has 0 saturated heterocycles. The van der Waals surface area contributed by atoms with Gasteiger partial charge in [-0.05, 0) is 117 Å². The van der Waals surface area contributed by atoms with Crippen molar-refractivity contribution in [2.24, 2.45) is 23.7 Å². The molecule has 4 fully saturated rings. The third kappa shape index (κ3) is 5.87. The Morgan fingerprint density at radius 2 is 1.44 bits per heavy atom. The van der Waals surface area contributed by atoms with E-state index in [1.807, 2.05) is 6.20 Å². The number of dihydropyridines is 2. The first-order valence-electron chi connectivity index (χ1n) is 13.9. The summed E-state index contributed by atoms with van der Waals surface area (Å²) in [6.45, 7) is 2.12. The summed E-state index contributed by atoms with van der Waals surface area (Å²) in [7, 11) is 0. The van der Waals surface area contributed by atoms with Crippen LogP contribution in [-0.2, 0) is 4.79 Å². The molecule has 6 rings (SSSR count). The lowest BCUT2D eigenvalue weighted by Gasteiger charge is -2.54. The largest absolute Gasteiger partial charge is 0.360 e. The molecule has 0 aromatic rings. The van der Waals surface area contributed by atoms with Crippen LogP contribution in [-0.4, -0.2) is 11.9 Å². The molecule has 0 atom stereocenters. The molecule has 34 heavy (non-hydrogen) atoms. The van der Waals surface area contributed by atoms with Crippen LogP contribution in [0.2, 0.25) is 0 Å². The maximum absolute atomic E-state index is 12.6. The number of carbonyl (C=O) groups excluding carboxylic acids is 1. The van der Waals surface area contributed by atoms with E-state index >= 15 is 0 Å². The molecule has 6 aliphatic rings. The highest BCUT2D eigenvalue weighted by molar-refractivity contribution is 5.76. The first-order valence-corrected chi connectivity index (χ1v) is 13.9. The molecule has 0 spiro atoms. The van der Waals surface area contributed by atoms with Gasteiger partial charge in [0.15, 0.2) is 0 Å². The van der Waals surface area contributed by atoms with Crippen molar-refractivity contribution in [3.8, 4) is 0 Å². The normalized spacial score (nSPS) is 33.3. The van der Waals surface area contributed by atoms with Gasteiger partial charge in [-0.1, -0.05) is 25.7 Å². The number of amides is 1. The zero-order valence-electron chi connectivity index (χ0n) is 21.0. The average Bonchev–Trinajstić information content (AvgIpc) is 2.83. The van der Waals surface area contributed by atoms with Crippen molar-refractivity contribution in [3.63, 3.8) is 0 Å². The van der Waals surface area contributed by atoms with Crippen LogP contribution in [0.4, 0.5) is 0 Å². The summed E-state index contributed by atoms with van der Waals surface area (Å²) in [6, 6.07) is 0.500. The highest BCUT2D eigenvalue weighted by Gasteiger charge is 2.48. The Balaban J connectivity index is 0.933. The number of unbranched alkanes of at least 4 members (excludes halogenated alkanes) is 5. The second-order valence-corrected chi connectivity index (χ2v) is 11.5. The number of allylic oxidation sites excluding steroid dienone is 6. The summed E-state index contributed by atoms with van der Waals surface area (Å²) in [6.07, 6.45) is 28.9. The SMILES string of the molecule is CC1=CC(=C2C=C(CCCCCCCCC(=O)NC3C4CC5CC(C4)CC3C5)C=CN2)NC=C1. The second kappa shape index (κ2) is 11.0. The van der Waals surface area contributed by atoms with E-state index in [1.54, 1.807) is 0 Å². The van der Waals surface area contributed by atoms with E-state index in [4.69, 9.17) is 0 Å². The Bertz CT molecular complexity index is 878. The van der Waals surface area contributed by atoms with E-state index in [9.17, 15) is 4.79 Å². The molecule has 1 amide bonds. The standard InChI is InChI=1S/C30H43N3O/c1-21-10-12-31-27(14-21)28-20-22(11-13-32-28)8-6-4-2-3-5-7-9-29(34)33-30-25-16-23-15-24(18-25)19-26(30)17-23/h10-14,20,23-26,30-32H,2-9,15-19H2,1H3,(H,33,34). The van der Waals surface area contributed by atoms with Crippen LogP contribution in [0.25, 0.3) is 0 Å². The highest BCUT2D eigenvalue weighted by atomic mass is 16.1. The van der Waals surface area contributed by atoms with E-state index < -0.39 is 0 Å². The fourth-order valence-electron chi connectivity index (χ4n) is 7.30. The first-order chi connectivity index (χ1) is 16.6. The molecule has 0 aromatic carbocycles. The van der Waals surface area contributed by atoms with Crippen molar-refractivity contribution in [2.75, 3.05) is 0 Å². The quantitative estimate of drug-likeness (QED) is 0.332. The van der Waals surface area contributed by atoms with Gasteiger partial charge in [0.1, 0.15) is 0 Å². The average molecular weight is 462 g/mol. The molecule has 0 aromatic heterocycles. The van der Waals surface area contributed by atoms with Crippen LogP contribution in [0.5, 0.6) is 0 Å². The van der Waals surface area contributed by atoms with Crippen LogP contribution in [0, 0.1) is 23.7 Å². The molecule has 4 saturated carbocycles. The van der Waals surface area contributed by atoms with E-state index in [0.717, 1.165) is 54.3 Å². The lowest BCUT2D eigenvalue weighted by atomic mass is 9.54. The summed E-state index contributed by atoms with van der Waals surface area (Å²) < 4.78 is 0. The predicted octanol–water partition coefficient (Wildman–Crippen LogP) is 6.37. The monoisotopic (exact) mass is 461 g/mol. The van der Waals surface area contributed by atoms with E-state index in [2.05, 4.69) is 53.4 Å². The van der Waals surface area contributed by atoms with E-state index in [0.29, 0.717) is 11.9 Å². The fourth-order valence-corrected chi connectivity index (χ4v) is 7.30. The summed E-state index contributed by atoms with van der Waals surface area (Å²) in [5, 5.41) is 10.2. The summed E-state index contributed by atoms with van der Waals surface area (Å²) in [5.74, 6) is 3.84. The molecule has 184 valence electrons. The topological polar surface area (TPSA) is 53.2 Å². The first kappa shape index (κ1) is 23.5. The van der Waals surface area contributed by atoms with E-state index in [-0.39, 0.29) is 0 Å². The molecule has 0 unspecified atom stereocenters. The number of carbonyl (C=O) groups is 1. The third-order valence-electron chi connectivity index (χ3n) is 8.79. The summed E-state index contributed by atoms with van der Waals surface area (Å²) in [4.78, 5) is 12.6. The molecule has 2 heterocycles. The maximum atomic E-state index is 12.6. The zero-order chi connectivity index (χ0) is 23.3.